The van der Waals surface area contributed by atoms with Gasteiger partial charge in [0.25, 0.3) is 0 Å². The molecule has 2 nitrogen and oxygen atoms in total. The van der Waals surface area contributed by atoms with E-state index < -0.39 is 0 Å². The minimum absolute atomic E-state index is 0.332. The molecule has 0 bridgehead atoms. The Bertz CT molecular complexity index is 367. The molecule has 1 N–H and O–H groups in total. The van der Waals surface area contributed by atoms with E-state index in [4.69, 9.17) is 0 Å². The van der Waals surface area contributed by atoms with E-state index in [2.05, 4.69) is 4.99 Å². The van der Waals surface area contributed by atoms with Crippen LogP contribution in [0.2, 0.25) is 0 Å². The molecule has 2 rings (SSSR count). The number of fused-ring (bicyclic) bond motifs is 1. The van der Waals surface area contributed by atoms with E-state index in [-0.39, 0.29) is 0 Å². The smallest absolute Gasteiger partial charge is 0.124 e. The maximum Gasteiger partial charge on any atom is 0.124 e. The first kappa shape index (κ1) is 5.47. The van der Waals surface area contributed by atoms with E-state index in [1.807, 2.05) is 12.1 Å². The lowest BCUT2D eigenvalue weighted by molar-refractivity contribution is 0.470. The quantitative estimate of drug-likeness (QED) is 0.522. The van der Waals surface area contributed by atoms with Crippen molar-refractivity contribution in [2.24, 2.45) is 4.99 Å². The van der Waals surface area contributed by atoms with Crippen molar-refractivity contribution in [1.29, 1.82) is 0 Å². The molecule has 2 heteroatoms. The molecule has 1 aliphatic rings. The van der Waals surface area contributed by atoms with Crippen LogP contribution >= 0.6 is 0 Å². The largest absolute Gasteiger partial charge is 0.507 e. The minimum atomic E-state index is 0.332. The highest BCUT2D eigenvalue weighted by Gasteiger charge is 1.96. The van der Waals surface area contributed by atoms with E-state index in [0.29, 0.717) is 12.3 Å². The molecule has 0 amide bonds. The maximum absolute atomic E-state index is 9.24. The van der Waals surface area contributed by atoms with Gasteiger partial charge < -0.3 is 5.11 Å². The van der Waals surface area contributed by atoms with Gasteiger partial charge in [-0.25, -0.2) is 0 Å². The molecule has 0 saturated heterocycles. The number of rotatable bonds is 0. The van der Waals surface area contributed by atoms with Crippen LogP contribution in [0.5, 0.6) is 5.75 Å². The Morgan fingerprint density at radius 2 is 2.30 bits per heavy atom. The van der Waals surface area contributed by atoms with Crippen molar-refractivity contribution in [1.82, 2.24) is 0 Å². The molecular formula is C8H7NO. The van der Waals surface area contributed by atoms with Gasteiger partial charge in [-0.2, -0.15) is 0 Å². The van der Waals surface area contributed by atoms with Gasteiger partial charge in [0, 0.05) is 5.22 Å². The highest BCUT2D eigenvalue weighted by Crippen LogP contribution is 1.96. The molecule has 0 aliphatic carbocycles. The second-order valence-corrected chi connectivity index (χ2v) is 2.25. The van der Waals surface area contributed by atoms with Gasteiger partial charge in [-0.15, -0.1) is 0 Å². The lowest BCUT2D eigenvalue weighted by atomic mass is 10.3. The zero-order valence-corrected chi connectivity index (χ0v) is 5.41. The third-order valence-electron chi connectivity index (χ3n) is 1.62. The fourth-order valence-electron chi connectivity index (χ4n) is 1.12. The second kappa shape index (κ2) is 1.84. The van der Waals surface area contributed by atoms with Crippen molar-refractivity contribution >= 4 is 6.08 Å². The first-order valence-corrected chi connectivity index (χ1v) is 3.20. The molecule has 1 aliphatic heterocycles. The first-order chi connectivity index (χ1) is 4.88. The van der Waals surface area contributed by atoms with Crippen LogP contribution in [-0.2, 0) is 0 Å². The summed E-state index contributed by atoms with van der Waals surface area (Å²) in [5, 5.41) is 11.0. The van der Waals surface area contributed by atoms with Crippen LogP contribution in [0.25, 0.3) is 6.08 Å². The Hall–Kier alpha value is -1.31. The molecule has 0 radical (unpaired) electrons. The average Bonchev–Trinajstić information content (AvgIpc) is 2.36. The monoisotopic (exact) mass is 133 g/mol. The van der Waals surface area contributed by atoms with Gasteiger partial charge in [-0.1, -0.05) is 12.1 Å². The Balaban J connectivity index is 2.97. The lowest BCUT2D eigenvalue weighted by Gasteiger charge is -1.87. The second-order valence-electron chi connectivity index (χ2n) is 2.25. The molecule has 1 aromatic rings. The maximum atomic E-state index is 9.24. The van der Waals surface area contributed by atoms with Crippen molar-refractivity contribution in [3.63, 3.8) is 0 Å². The number of benzene rings is 1. The van der Waals surface area contributed by atoms with E-state index in [0.717, 1.165) is 10.6 Å². The van der Waals surface area contributed by atoms with Crippen molar-refractivity contribution in [3.05, 3.63) is 28.8 Å². The average molecular weight is 133 g/mol. The summed E-state index contributed by atoms with van der Waals surface area (Å²) < 4.78 is 0. The number of hydrogen-bond donors (Lipinski definition) is 1. The number of nitrogens with zero attached hydrogens (tertiary/aromatic N) is 1. The normalized spacial score (nSPS) is 13.6. The predicted octanol–water partition coefficient (Wildman–Crippen LogP) is -0.194. The summed E-state index contributed by atoms with van der Waals surface area (Å²) in [5.74, 6) is 0.332. The Kier molecular flexibility index (Phi) is 1.01. The molecule has 0 aromatic heterocycles. The van der Waals surface area contributed by atoms with Crippen LogP contribution in [0.3, 0.4) is 0 Å². The predicted molar refractivity (Wildman–Crippen MR) is 38.2 cm³/mol. The third kappa shape index (κ3) is 0.620. The summed E-state index contributed by atoms with van der Waals surface area (Å²) in [6.45, 7) is 0.701. The van der Waals surface area contributed by atoms with Crippen molar-refractivity contribution in [2.45, 2.75) is 0 Å². The van der Waals surface area contributed by atoms with Crippen LogP contribution in [-0.4, -0.2) is 11.7 Å². The van der Waals surface area contributed by atoms with Crippen LogP contribution in [0, 0.1) is 0 Å². The summed E-state index contributed by atoms with van der Waals surface area (Å²) in [7, 11) is 0. The molecule has 50 valence electrons. The summed E-state index contributed by atoms with van der Waals surface area (Å²) in [6.07, 6.45) is 1.92. The van der Waals surface area contributed by atoms with Crippen LogP contribution in [0.15, 0.2) is 23.2 Å². The molecular weight excluding hydrogens is 126 g/mol. The minimum Gasteiger partial charge on any atom is -0.507 e. The van der Waals surface area contributed by atoms with Crippen LogP contribution in [0.4, 0.5) is 0 Å². The Labute approximate surface area is 58.2 Å². The van der Waals surface area contributed by atoms with E-state index in [1.54, 1.807) is 12.1 Å². The lowest BCUT2D eigenvalue weighted by Crippen LogP contribution is -2.20. The summed E-state index contributed by atoms with van der Waals surface area (Å²) >= 11 is 0. The van der Waals surface area contributed by atoms with E-state index >= 15 is 0 Å². The van der Waals surface area contributed by atoms with E-state index in [1.165, 1.54) is 0 Å². The molecule has 0 unspecified atom stereocenters. The number of phenolic OH excluding ortho intramolecular Hbond substituents is 1. The Morgan fingerprint density at radius 1 is 1.40 bits per heavy atom. The molecule has 1 aromatic carbocycles. The van der Waals surface area contributed by atoms with Gasteiger partial charge in [-0.05, 0) is 12.1 Å². The molecule has 0 spiro atoms. The van der Waals surface area contributed by atoms with Crippen molar-refractivity contribution in [3.8, 4) is 5.75 Å². The third-order valence-corrected chi connectivity index (χ3v) is 1.62. The molecule has 10 heavy (non-hydrogen) atoms. The zero-order valence-electron chi connectivity index (χ0n) is 5.41. The highest BCUT2D eigenvalue weighted by atomic mass is 16.3. The van der Waals surface area contributed by atoms with Gasteiger partial charge in [0.1, 0.15) is 5.75 Å². The molecule has 1 heterocycles. The van der Waals surface area contributed by atoms with E-state index in [9.17, 15) is 5.11 Å². The summed E-state index contributed by atoms with van der Waals surface area (Å²) in [4.78, 5) is 4.14. The molecule has 0 fully saturated rings. The highest BCUT2D eigenvalue weighted by molar-refractivity contribution is 5.37. The van der Waals surface area contributed by atoms with Gasteiger partial charge in [-0.3, -0.25) is 4.99 Å². The summed E-state index contributed by atoms with van der Waals surface area (Å²) in [5.41, 5.74) is 0. The number of phenols is 1. The Morgan fingerprint density at radius 3 is 3.10 bits per heavy atom. The number of aromatic hydroxyl groups is 1. The van der Waals surface area contributed by atoms with Crippen molar-refractivity contribution in [2.75, 3.05) is 6.54 Å². The van der Waals surface area contributed by atoms with Crippen LogP contribution in [0.1, 0.15) is 0 Å². The first-order valence-electron chi connectivity index (χ1n) is 3.20. The zero-order chi connectivity index (χ0) is 6.97. The molecule has 0 saturated carbocycles. The van der Waals surface area contributed by atoms with Crippen LogP contribution < -0.4 is 10.6 Å². The van der Waals surface area contributed by atoms with Gasteiger partial charge in [0.05, 0.1) is 11.9 Å². The van der Waals surface area contributed by atoms with Crippen molar-refractivity contribution < 1.29 is 5.11 Å². The topological polar surface area (TPSA) is 32.6 Å². The fourth-order valence-corrected chi connectivity index (χ4v) is 1.12. The number of hydrogen-bond acceptors (Lipinski definition) is 2. The van der Waals surface area contributed by atoms with Gasteiger partial charge >= 0.3 is 0 Å². The van der Waals surface area contributed by atoms with Gasteiger partial charge in [0.15, 0.2) is 0 Å². The van der Waals surface area contributed by atoms with Gasteiger partial charge in [0.2, 0.25) is 0 Å². The molecule has 0 atom stereocenters. The summed E-state index contributed by atoms with van der Waals surface area (Å²) in [6, 6.07) is 5.38. The fraction of sp³-hybridized carbons (Fsp3) is 0.125. The SMILES string of the molecule is Oc1cccc2c1=CCN=2. The standard InChI is InChI=1S/C8H7NO/c10-8-3-1-2-7-6(8)4-5-9-7/h1-4,10H,5H2.